The van der Waals surface area contributed by atoms with Crippen molar-refractivity contribution in [3.8, 4) is 0 Å². The highest BCUT2D eigenvalue weighted by molar-refractivity contribution is 6.23. The van der Waals surface area contributed by atoms with Crippen LogP contribution >= 0.6 is 0 Å². The number of H-pyrrole nitrogens is 1. The van der Waals surface area contributed by atoms with Gasteiger partial charge in [-0.25, -0.2) is 9.99 Å². The van der Waals surface area contributed by atoms with Gasteiger partial charge in [0.05, 0.1) is 17.2 Å². The molecule has 0 aliphatic carbocycles. The minimum atomic E-state index is 0.0717. The molecule has 3 N–H and O–H groups in total. The van der Waals surface area contributed by atoms with Gasteiger partial charge in [0.1, 0.15) is 23.7 Å². The fourth-order valence-corrected chi connectivity index (χ4v) is 2.57. The van der Waals surface area contributed by atoms with Crippen LogP contribution in [0.5, 0.6) is 0 Å². The van der Waals surface area contributed by atoms with Crippen LogP contribution in [-0.2, 0) is 0 Å². The number of imidazole rings is 1. The third kappa shape index (κ3) is 2.41. The van der Waals surface area contributed by atoms with Gasteiger partial charge >= 0.3 is 0 Å². The van der Waals surface area contributed by atoms with Gasteiger partial charge < -0.3 is 10.1 Å². The van der Waals surface area contributed by atoms with Gasteiger partial charge in [-0.1, -0.05) is 18.2 Å². The molecule has 118 valence electrons. The molecule has 0 saturated carbocycles. The second kappa shape index (κ2) is 5.62. The summed E-state index contributed by atoms with van der Waals surface area (Å²) in [5.74, 6) is 0.645. The molecule has 0 bridgehead atoms. The number of hydrazone groups is 1. The van der Waals surface area contributed by atoms with Crippen LogP contribution in [0, 0.1) is 5.41 Å². The van der Waals surface area contributed by atoms with Crippen LogP contribution in [0.25, 0.3) is 16.6 Å². The second-order valence-electron chi connectivity index (χ2n) is 5.36. The highest BCUT2D eigenvalue weighted by Gasteiger charge is 2.30. The molecular weight excluding hydrogens is 304 g/mol. The van der Waals surface area contributed by atoms with Gasteiger partial charge in [-0.2, -0.15) is 5.10 Å². The topological polar surface area (TPSA) is 101 Å². The number of aromatic nitrogens is 3. The largest absolute Gasteiger partial charge is 0.509 e. The summed E-state index contributed by atoms with van der Waals surface area (Å²) in [4.78, 5) is 11.6. The number of nitrogens with one attached hydrogen (secondary N) is 2. The van der Waals surface area contributed by atoms with E-state index < -0.39 is 0 Å². The van der Waals surface area contributed by atoms with E-state index in [4.69, 9.17) is 5.41 Å². The van der Waals surface area contributed by atoms with E-state index in [0.717, 1.165) is 16.6 Å². The Morgan fingerprint density at radius 3 is 2.92 bits per heavy atom. The van der Waals surface area contributed by atoms with Crippen LogP contribution in [-0.4, -0.2) is 43.7 Å². The van der Waals surface area contributed by atoms with Crippen molar-refractivity contribution < 1.29 is 5.11 Å². The van der Waals surface area contributed by atoms with Gasteiger partial charge in [-0.3, -0.25) is 10.4 Å². The maximum Gasteiger partial charge on any atom is 0.156 e. The quantitative estimate of drug-likeness (QED) is 0.646. The number of para-hydroxylation sites is 2. The molecule has 0 saturated heterocycles. The minimum absolute atomic E-state index is 0.0717. The molecule has 0 radical (unpaired) electrons. The first-order valence-electron chi connectivity index (χ1n) is 7.40. The molecule has 0 atom stereocenters. The maximum absolute atomic E-state index is 10.3. The van der Waals surface area contributed by atoms with Crippen LogP contribution < -0.4 is 0 Å². The van der Waals surface area contributed by atoms with Crippen molar-refractivity contribution in [2.45, 2.75) is 0 Å². The lowest BCUT2D eigenvalue weighted by Gasteiger charge is -2.10. The average Bonchev–Trinajstić information content (AvgIpc) is 3.14. The number of rotatable bonds is 3. The predicted octanol–water partition coefficient (Wildman–Crippen LogP) is 2.55. The summed E-state index contributed by atoms with van der Waals surface area (Å²) in [5.41, 5.74) is 2.84. The zero-order valence-electron chi connectivity index (χ0n) is 12.6. The summed E-state index contributed by atoms with van der Waals surface area (Å²) < 4.78 is 0. The Hall–Kier alpha value is -3.48. The molecule has 1 aliphatic rings. The number of aromatic amines is 1. The average molecular weight is 318 g/mol. The summed E-state index contributed by atoms with van der Waals surface area (Å²) in [6.45, 7) is 0.141. The molecule has 0 amide bonds. The van der Waals surface area contributed by atoms with Crippen LogP contribution in [0.3, 0.4) is 0 Å². The fourth-order valence-electron chi connectivity index (χ4n) is 2.57. The zero-order chi connectivity index (χ0) is 16.5. The first-order valence-corrected chi connectivity index (χ1v) is 7.40. The molecule has 7 heteroatoms. The molecule has 2 aromatic heterocycles. The number of hydrogen-bond acceptors (Lipinski definition) is 5. The smallest absolute Gasteiger partial charge is 0.156 e. The normalized spacial score (nSPS) is 15.2. The summed E-state index contributed by atoms with van der Waals surface area (Å²) in [6, 6.07) is 11.3. The maximum atomic E-state index is 10.3. The van der Waals surface area contributed by atoms with E-state index in [2.05, 4.69) is 20.1 Å². The van der Waals surface area contributed by atoms with Crippen LogP contribution in [0.2, 0.25) is 0 Å². The number of hydrogen-bond donors (Lipinski definition) is 3. The Bertz CT molecular complexity index is 940. The minimum Gasteiger partial charge on any atom is -0.509 e. The van der Waals surface area contributed by atoms with Crippen molar-refractivity contribution in [3.63, 3.8) is 0 Å². The molecule has 0 spiro atoms. The SMILES string of the molecule is N=C1C(c2nc3ccccc3[nH]2)=C(O)CN1/N=C/c1cccnc1. The van der Waals surface area contributed by atoms with Crippen molar-refractivity contribution >= 4 is 28.7 Å². The first-order chi connectivity index (χ1) is 11.7. The summed E-state index contributed by atoms with van der Waals surface area (Å²) in [7, 11) is 0. The third-order valence-corrected chi connectivity index (χ3v) is 3.74. The molecule has 1 aliphatic heterocycles. The van der Waals surface area contributed by atoms with Crippen LogP contribution in [0.4, 0.5) is 0 Å². The Morgan fingerprint density at radius 2 is 2.12 bits per heavy atom. The monoisotopic (exact) mass is 318 g/mol. The van der Waals surface area contributed by atoms with E-state index >= 15 is 0 Å². The van der Waals surface area contributed by atoms with E-state index in [0.29, 0.717) is 11.4 Å². The van der Waals surface area contributed by atoms with Gasteiger partial charge in [0.15, 0.2) is 5.84 Å². The summed E-state index contributed by atoms with van der Waals surface area (Å²) >= 11 is 0. The number of nitrogens with zero attached hydrogens (tertiary/aromatic N) is 4. The van der Waals surface area contributed by atoms with E-state index in [-0.39, 0.29) is 18.1 Å². The molecule has 0 fully saturated rings. The lowest BCUT2D eigenvalue weighted by molar-refractivity contribution is 0.358. The van der Waals surface area contributed by atoms with E-state index in [1.807, 2.05) is 36.4 Å². The fraction of sp³-hybridized carbons (Fsp3) is 0.0588. The van der Waals surface area contributed by atoms with Gasteiger partial charge in [0.2, 0.25) is 0 Å². The molecule has 4 rings (SSSR count). The van der Waals surface area contributed by atoms with Gasteiger partial charge in [-0.05, 0) is 18.2 Å². The lowest BCUT2D eigenvalue weighted by Crippen LogP contribution is -2.21. The van der Waals surface area contributed by atoms with Crippen molar-refractivity contribution in [2.24, 2.45) is 5.10 Å². The Labute approximate surface area is 137 Å². The van der Waals surface area contributed by atoms with Gasteiger partial charge in [0, 0.05) is 18.0 Å². The first kappa shape index (κ1) is 14.1. The molecule has 24 heavy (non-hydrogen) atoms. The predicted molar refractivity (Wildman–Crippen MR) is 91.9 cm³/mol. The lowest BCUT2D eigenvalue weighted by atomic mass is 10.2. The highest BCUT2D eigenvalue weighted by atomic mass is 16.3. The van der Waals surface area contributed by atoms with E-state index in [9.17, 15) is 5.11 Å². The standard InChI is InChI=1S/C17H14N6O/c18-16-15(17-21-12-5-1-2-6-13(12)22-17)14(24)10-23(16)20-9-11-4-3-7-19-8-11/h1-9,18,24H,10H2,(H,21,22)/b18-16?,20-9+. The number of amidine groups is 1. The number of pyridine rings is 1. The van der Waals surface area contributed by atoms with Gasteiger partial charge in [0.25, 0.3) is 0 Å². The second-order valence-corrected chi connectivity index (χ2v) is 5.36. The molecule has 3 heterocycles. The Morgan fingerprint density at radius 1 is 1.25 bits per heavy atom. The van der Waals surface area contributed by atoms with Gasteiger partial charge in [-0.15, -0.1) is 0 Å². The number of aliphatic hydroxyl groups excluding tert-OH is 1. The summed E-state index contributed by atoms with van der Waals surface area (Å²) in [6.07, 6.45) is 4.97. The highest BCUT2D eigenvalue weighted by Crippen LogP contribution is 2.27. The van der Waals surface area contributed by atoms with Crippen molar-refractivity contribution in [1.29, 1.82) is 5.41 Å². The van der Waals surface area contributed by atoms with Crippen molar-refractivity contribution in [1.82, 2.24) is 20.0 Å². The van der Waals surface area contributed by atoms with Crippen molar-refractivity contribution in [2.75, 3.05) is 6.54 Å². The molecule has 1 aromatic carbocycles. The molecule has 3 aromatic rings. The summed E-state index contributed by atoms with van der Waals surface area (Å²) in [5, 5.41) is 24.2. The van der Waals surface area contributed by atoms with Crippen molar-refractivity contribution in [3.05, 3.63) is 65.9 Å². The van der Waals surface area contributed by atoms with Crippen LogP contribution in [0.15, 0.2) is 59.7 Å². The molecule has 7 nitrogen and oxygen atoms in total. The van der Waals surface area contributed by atoms with Crippen LogP contribution in [0.1, 0.15) is 11.4 Å². The zero-order valence-corrected chi connectivity index (χ0v) is 12.6. The van der Waals surface area contributed by atoms with E-state index in [1.165, 1.54) is 5.01 Å². The number of fused-ring (bicyclic) bond motifs is 1. The number of aliphatic hydroxyl groups is 1. The molecule has 0 unspecified atom stereocenters. The third-order valence-electron chi connectivity index (χ3n) is 3.74. The number of benzene rings is 1. The Balaban J connectivity index is 1.62. The molecular formula is C17H14N6O. The van der Waals surface area contributed by atoms with E-state index in [1.54, 1.807) is 18.6 Å². The Kier molecular flexibility index (Phi) is 3.31.